The van der Waals surface area contributed by atoms with Crippen molar-refractivity contribution in [3.8, 4) is 0 Å². The maximum absolute atomic E-state index is 12.4. The summed E-state index contributed by atoms with van der Waals surface area (Å²) in [6.07, 6.45) is 4.32. The first-order valence-electron chi connectivity index (χ1n) is 9.68. The summed E-state index contributed by atoms with van der Waals surface area (Å²) < 4.78 is 5.53. The lowest BCUT2D eigenvalue weighted by Gasteiger charge is -2.37. The van der Waals surface area contributed by atoms with Crippen LogP contribution in [0.25, 0.3) is 0 Å². The van der Waals surface area contributed by atoms with Crippen LogP contribution in [0.2, 0.25) is 0 Å². The third kappa shape index (κ3) is 4.64. The summed E-state index contributed by atoms with van der Waals surface area (Å²) in [5.41, 5.74) is 0. The van der Waals surface area contributed by atoms with Crippen molar-refractivity contribution in [2.45, 2.75) is 50.8 Å². The van der Waals surface area contributed by atoms with Crippen LogP contribution < -0.4 is 5.32 Å². The zero-order chi connectivity index (χ0) is 17.8. The largest absolute Gasteiger partial charge is 0.368 e. The van der Waals surface area contributed by atoms with Crippen molar-refractivity contribution in [3.63, 3.8) is 0 Å². The summed E-state index contributed by atoms with van der Waals surface area (Å²) >= 11 is 0. The number of amides is 1. The molecule has 3 fully saturated rings. The molecule has 1 saturated carbocycles. The number of ether oxygens (including phenoxy) is 1. The van der Waals surface area contributed by atoms with Crippen LogP contribution in [0.1, 0.15) is 32.6 Å². The van der Waals surface area contributed by atoms with Crippen molar-refractivity contribution in [2.75, 3.05) is 53.4 Å². The maximum atomic E-state index is 12.4. The van der Waals surface area contributed by atoms with Gasteiger partial charge in [-0.05, 0) is 39.7 Å². The zero-order valence-corrected chi connectivity index (χ0v) is 15.9. The molecule has 0 spiro atoms. The van der Waals surface area contributed by atoms with Crippen molar-refractivity contribution in [2.24, 2.45) is 4.99 Å². The number of hydrogen-bond donors (Lipinski definition) is 1. The third-order valence-electron chi connectivity index (χ3n) is 5.68. The predicted molar refractivity (Wildman–Crippen MR) is 98.7 cm³/mol. The second-order valence-electron chi connectivity index (χ2n) is 7.49. The molecule has 0 bridgehead atoms. The van der Waals surface area contributed by atoms with E-state index in [0.717, 1.165) is 64.2 Å². The Kier molecular flexibility index (Phi) is 6.17. The molecule has 0 aromatic carbocycles. The standard InChI is InChI=1S/C18H33N5O2/c1-14(21(3)15-6-7-15)13-20-18(19-2)23-10-8-22(9-11-23)17(24)16-5-4-12-25-16/h14-16H,4-13H2,1-3H3,(H,19,20). The normalized spacial score (nSPS) is 26.2. The number of aliphatic imine (C=N–C) groups is 1. The fraction of sp³-hybridized carbons (Fsp3) is 0.889. The van der Waals surface area contributed by atoms with Crippen molar-refractivity contribution in [1.82, 2.24) is 20.0 Å². The van der Waals surface area contributed by atoms with E-state index in [1.54, 1.807) is 0 Å². The molecule has 3 aliphatic rings. The van der Waals surface area contributed by atoms with E-state index in [0.29, 0.717) is 6.04 Å². The fourth-order valence-corrected chi connectivity index (χ4v) is 3.67. The van der Waals surface area contributed by atoms with E-state index in [9.17, 15) is 4.79 Å². The van der Waals surface area contributed by atoms with Gasteiger partial charge in [-0.2, -0.15) is 0 Å². The summed E-state index contributed by atoms with van der Waals surface area (Å²) in [5.74, 6) is 1.11. The topological polar surface area (TPSA) is 60.4 Å². The molecule has 2 heterocycles. The molecule has 2 unspecified atom stereocenters. The fourth-order valence-electron chi connectivity index (χ4n) is 3.67. The molecular formula is C18H33N5O2. The Labute approximate surface area is 151 Å². The number of nitrogens with one attached hydrogen (secondary N) is 1. The van der Waals surface area contributed by atoms with Gasteiger partial charge in [-0.3, -0.25) is 14.7 Å². The molecule has 0 aromatic rings. The Hall–Kier alpha value is -1.34. The molecule has 1 aliphatic carbocycles. The Bertz CT molecular complexity index is 480. The van der Waals surface area contributed by atoms with Crippen LogP contribution in [0.5, 0.6) is 0 Å². The summed E-state index contributed by atoms with van der Waals surface area (Å²) in [6.45, 7) is 7.02. The number of piperazine rings is 1. The van der Waals surface area contributed by atoms with E-state index in [-0.39, 0.29) is 12.0 Å². The van der Waals surface area contributed by atoms with Gasteiger partial charge < -0.3 is 19.9 Å². The first-order valence-corrected chi connectivity index (χ1v) is 9.68. The van der Waals surface area contributed by atoms with Gasteiger partial charge in [0.1, 0.15) is 6.10 Å². The quantitative estimate of drug-likeness (QED) is 0.573. The number of guanidine groups is 1. The zero-order valence-electron chi connectivity index (χ0n) is 15.9. The molecule has 2 atom stereocenters. The Balaban J connectivity index is 1.43. The first kappa shape index (κ1) is 18.5. The highest BCUT2D eigenvalue weighted by atomic mass is 16.5. The Morgan fingerprint density at radius 2 is 1.92 bits per heavy atom. The van der Waals surface area contributed by atoms with Crippen LogP contribution in [-0.4, -0.2) is 98.2 Å². The van der Waals surface area contributed by atoms with Crippen LogP contribution in [0, 0.1) is 0 Å². The van der Waals surface area contributed by atoms with Gasteiger partial charge in [0.15, 0.2) is 5.96 Å². The van der Waals surface area contributed by atoms with Gasteiger partial charge in [0.05, 0.1) is 0 Å². The highest BCUT2D eigenvalue weighted by Crippen LogP contribution is 2.26. The van der Waals surface area contributed by atoms with Crippen LogP contribution in [0.15, 0.2) is 4.99 Å². The van der Waals surface area contributed by atoms with Crippen LogP contribution in [0.4, 0.5) is 0 Å². The van der Waals surface area contributed by atoms with E-state index in [4.69, 9.17) is 4.74 Å². The van der Waals surface area contributed by atoms with Crippen molar-refractivity contribution >= 4 is 11.9 Å². The second-order valence-corrected chi connectivity index (χ2v) is 7.49. The molecule has 7 heteroatoms. The third-order valence-corrected chi connectivity index (χ3v) is 5.68. The van der Waals surface area contributed by atoms with E-state index in [1.807, 2.05) is 11.9 Å². The van der Waals surface area contributed by atoms with Gasteiger partial charge in [-0.15, -0.1) is 0 Å². The lowest BCUT2D eigenvalue weighted by Crippen LogP contribution is -2.56. The number of carbonyl (C=O) groups is 1. The minimum Gasteiger partial charge on any atom is -0.368 e. The number of rotatable bonds is 5. The average Bonchev–Trinajstić information content (AvgIpc) is 3.35. The SMILES string of the molecule is CN=C(NCC(C)N(C)C1CC1)N1CCN(C(=O)C2CCCO2)CC1. The minimum atomic E-state index is -0.206. The van der Waals surface area contributed by atoms with Crippen LogP contribution in [0.3, 0.4) is 0 Å². The van der Waals surface area contributed by atoms with Crippen LogP contribution in [-0.2, 0) is 9.53 Å². The molecule has 0 radical (unpaired) electrons. The molecule has 1 N–H and O–H groups in total. The molecule has 7 nitrogen and oxygen atoms in total. The minimum absolute atomic E-state index is 0.166. The van der Waals surface area contributed by atoms with Gasteiger partial charge in [0, 0.05) is 58.5 Å². The van der Waals surface area contributed by atoms with Gasteiger partial charge in [0.25, 0.3) is 5.91 Å². The summed E-state index contributed by atoms with van der Waals surface area (Å²) in [5, 5.41) is 3.51. The van der Waals surface area contributed by atoms with E-state index >= 15 is 0 Å². The molecular weight excluding hydrogens is 318 g/mol. The molecule has 1 amide bonds. The summed E-state index contributed by atoms with van der Waals surface area (Å²) in [7, 11) is 4.05. The highest BCUT2D eigenvalue weighted by molar-refractivity contribution is 5.82. The summed E-state index contributed by atoms with van der Waals surface area (Å²) in [4.78, 5) is 23.5. The van der Waals surface area contributed by atoms with Gasteiger partial charge in [-0.25, -0.2) is 0 Å². The lowest BCUT2D eigenvalue weighted by molar-refractivity contribution is -0.142. The summed E-state index contributed by atoms with van der Waals surface area (Å²) in [6, 6.07) is 1.26. The highest BCUT2D eigenvalue weighted by Gasteiger charge is 2.31. The number of hydrogen-bond acceptors (Lipinski definition) is 4. The van der Waals surface area contributed by atoms with Crippen LogP contribution >= 0.6 is 0 Å². The molecule has 2 aliphatic heterocycles. The molecule has 2 saturated heterocycles. The Morgan fingerprint density at radius 3 is 2.48 bits per heavy atom. The van der Waals surface area contributed by atoms with Gasteiger partial charge in [-0.1, -0.05) is 0 Å². The monoisotopic (exact) mass is 351 g/mol. The van der Waals surface area contributed by atoms with E-state index < -0.39 is 0 Å². The number of likely N-dealkylation sites (N-methyl/N-ethyl adjacent to an activating group) is 1. The first-order chi connectivity index (χ1) is 12.1. The van der Waals surface area contributed by atoms with Crippen molar-refractivity contribution < 1.29 is 9.53 Å². The van der Waals surface area contributed by atoms with Gasteiger partial charge in [0.2, 0.25) is 0 Å². The Morgan fingerprint density at radius 1 is 1.24 bits per heavy atom. The average molecular weight is 351 g/mol. The van der Waals surface area contributed by atoms with Crippen molar-refractivity contribution in [1.29, 1.82) is 0 Å². The second kappa shape index (κ2) is 8.36. The number of carbonyl (C=O) groups excluding carboxylic acids is 1. The molecule has 0 aromatic heterocycles. The number of nitrogens with zero attached hydrogens (tertiary/aromatic N) is 4. The van der Waals surface area contributed by atoms with Crippen molar-refractivity contribution in [3.05, 3.63) is 0 Å². The smallest absolute Gasteiger partial charge is 0.251 e. The molecule has 25 heavy (non-hydrogen) atoms. The predicted octanol–water partition coefficient (Wildman–Crippen LogP) is 0.368. The lowest BCUT2D eigenvalue weighted by atomic mass is 10.2. The maximum Gasteiger partial charge on any atom is 0.251 e. The van der Waals surface area contributed by atoms with E-state index in [2.05, 4.69) is 34.1 Å². The molecule has 3 rings (SSSR count). The van der Waals surface area contributed by atoms with Gasteiger partial charge >= 0.3 is 0 Å². The molecule has 142 valence electrons. The van der Waals surface area contributed by atoms with E-state index in [1.165, 1.54) is 12.8 Å².